The lowest BCUT2D eigenvalue weighted by molar-refractivity contribution is -0.117. The first-order valence-corrected chi connectivity index (χ1v) is 8.35. The number of rotatable bonds is 3. The van der Waals surface area contributed by atoms with Crippen molar-refractivity contribution in [2.45, 2.75) is 51.0 Å². The highest BCUT2D eigenvalue weighted by molar-refractivity contribution is 6.37. The lowest BCUT2D eigenvalue weighted by Gasteiger charge is -2.20. The molecule has 0 atom stereocenters. The van der Waals surface area contributed by atoms with Gasteiger partial charge in [0.15, 0.2) is 0 Å². The standard InChI is InChI=1S/C17H21Cl2NO/c18-15-9-6-10-16(19)14(15)11-12-17(21)20-13-7-4-2-1-3-5-8-13/h6,9-13H,1-5,7-8H2,(H,20,21)/b12-11+. The van der Waals surface area contributed by atoms with Crippen LogP contribution in [0.5, 0.6) is 0 Å². The summed E-state index contributed by atoms with van der Waals surface area (Å²) >= 11 is 12.2. The zero-order chi connectivity index (χ0) is 15.1. The molecule has 2 rings (SSSR count). The monoisotopic (exact) mass is 325 g/mol. The maximum Gasteiger partial charge on any atom is 0.244 e. The van der Waals surface area contributed by atoms with Gasteiger partial charge in [-0.25, -0.2) is 0 Å². The molecule has 2 nitrogen and oxygen atoms in total. The van der Waals surface area contributed by atoms with E-state index < -0.39 is 0 Å². The van der Waals surface area contributed by atoms with Gasteiger partial charge in [-0.2, -0.15) is 0 Å². The van der Waals surface area contributed by atoms with E-state index in [1.54, 1.807) is 24.3 Å². The zero-order valence-corrected chi connectivity index (χ0v) is 13.6. The second-order valence-corrected chi connectivity index (χ2v) is 6.33. The van der Waals surface area contributed by atoms with Gasteiger partial charge in [-0.1, -0.05) is 61.4 Å². The number of carbonyl (C=O) groups is 1. The van der Waals surface area contributed by atoms with Gasteiger partial charge in [0.05, 0.1) is 0 Å². The van der Waals surface area contributed by atoms with Crippen molar-refractivity contribution in [3.8, 4) is 0 Å². The highest BCUT2D eigenvalue weighted by atomic mass is 35.5. The molecule has 1 aliphatic carbocycles. The van der Waals surface area contributed by atoms with Crippen LogP contribution in [-0.4, -0.2) is 11.9 Å². The van der Waals surface area contributed by atoms with Crippen molar-refractivity contribution in [2.75, 3.05) is 0 Å². The molecule has 0 saturated heterocycles. The molecule has 114 valence electrons. The van der Waals surface area contributed by atoms with Crippen LogP contribution in [0.15, 0.2) is 24.3 Å². The zero-order valence-electron chi connectivity index (χ0n) is 12.1. The Morgan fingerprint density at radius 3 is 2.24 bits per heavy atom. The lowest BCUT2D eigenvalue weighted by atomic mass is 9.97. The Bertz CT molecular complexity index is 485. The van der Waals surface area contributed by atoms with E-state index in [0.29, 0.717) is 21.7 Å². The minimum Gasteiger partial charge on any atom is -0.350 e. The molecule has 1 saturated carbocycles. The molecule has 1 fully saturated rings. The third-order valence-corrected chi connectivity index (χ3v) is 4.51. The van der Waals surface area contributed by atoms with Gasteiger partial charge in [0.2, 0.25) is 5.91 Å². The Morgan fingerprint density at radius 1 is 1.05 bits per heavy atom. The fraction of sp³-hybridized carbons (Fsp3) is 0.471. The largest absolute Gasteiger partial charge is 0.350 e. The van der Waals surface area contributed by atoms with E-state index in [0.717, 1.165) is 12.8 Å². The van der Waals surface area contributed by atoms with E-state index >= 15 is 0 Å². The number of halogens is 2. The average molecular weight is 326 g/mol. The summed E-state index contributed by atoms with van der Waals surface area (Å²) in [5.74, 6) is -0.0726. The van der Waals surface area contributed by atoms with Gasteiger partial charge < -0.3 is 5.32 Å². The number of hydrogen-bond donors (Lipinski definition) is 1. The molecule has 21 heavy (non-hydrogen) atoms. The van der Waals surface area contributed by atoms with Gasteiger partial charge in [0, 0.05) is 27.7 Å². The van der Waals surface area contributed by atoms with E-state index in [1.165, 1.54) is 38.2 Å². The summed E-state index contributed by atoms with van der Waals surface area (Å²) in [4.78, 5) is 12.0. The summed E-state index contributed by atoms with van der Waals surface area (Å²) < 4.78 is 0. The summed E-state index contributed by atoms with van der Waals surface area (Å²) in [6.45, 7) is 0. The van der Waals surface area contributed by atoms with Gasteiger partial charge in [0.25, 0.3) is 0 Å². The second-order valence-electron chi connectivity index (χ2n) is 5.52. The minimum atomic E-state index is -0.0726. The molecule has 1 N–H and O–H groups in total. The van der Waals surface area contributed by atoms with Crippen molar-refractivity contribution in [3.05, 3.63) is 39.9 Å². The van der Waals surface area contributed by atoms with Crippen LogP contribution in [0.2, 0.25) is 10.0 Å². The van der Waals surface area contributed by atoms with Crippen molar-refractivity contribution >= 4 is 35.2 Å². The summed E-state index contributed by atoms with van der Waals surface area (Å²) in [5, 5.41) is 4.19. The van der Waals surface area contributed by atoms with Crippen molar-refractivity contribution in [2.24, 2.45) is 0 Å². The molecule has 1 aromatic rings. The van der Waals surface area contributed by atoms with Gasteiger partial charge in [-0.15, -0.1) is 0 Å². The number of nitrogens with one attached hydrogen (secondary N) is 1. The van der Waals surface area contributed by atoms with E-state index in [1.807, 2.05) is 0 Å². The third kappa shape index (κ3) is 5.37. The molecule has 0 unspecified atom stereocenters. The number of carbonyl (C=O) groups excluding carboxylic acids is 1. The Labute approximate surface area is 136 Å². The van der Waals surface area contributed by atoms with E-state index in [2.05, 4.69) is 5.32 Å². The Balaban J connectivity index is 1.92. The fourth-order valence-electron chi connectivity index (χ4n) is 2.68. The Morgan fingerprint density at radius 2 is 1.62 bits per heavy atom. The normalized spacial score (nSPS) is 17.4. The average Bonchev–Trinajstić information content (AvgIpc) is 2.41. The molecule has 0 heterocycles. The number of hydrogen-bond acceptors (Lipinski definition) is 1. The third-order valence-electron chi connectivity index (χ3n) is 3.85. The van der Waals surface area contributed by atoms with Gasteiger partial charge >= 0.3 is 0 Å². The smallest absolute Gasteiger partial charge is 0.244 e. The first-order chi connectivity index (χ1) is 10.2. The SMILES string of the molecule is O=C(/C=C/c1c(Cl)cccc1Cl)NC1CCCCCCC1. The molecule has 1 amide bonds. The maximum absolute atomic E-state index is 12.0. The number of amides is 1. The van der Waals surface area contributed by atoms with Crippen LogP contribution in [0, 0.1) is 0 Å². The van der Waals surface area contributed by atoms with Crippen LogP contribution in [0.25, 0.3) is 6.08 Å². The van der Waals surface area contributed by atoms with Crippen molar-refractivity contribution in [1.29, 1.82) is 0 Å². The quantitative estimate of drug-likeness (QED) is 0.757. The van der Waals surface area contributed by atoms with Crippen LogP contribution >= 0.6 is 23.2 Å². The van der Waals surface area contributed by atoms with Gasteiger partial charge in [0.1, 0.15) is 0 Å². The highest BCUT2D eigenvalue weighted by Crippen LogP contribution is 2.25. The van der Waals surface area contributed by atoms with Crippen LogP contribution < -0.4 is 5.32 Å². The van der Waals surface area contributed by atoms with Crippen LogP contribution in [0.1, 0.15) is 50.5 Å². The highest BCUT2D eigenvalue weighted by Gasteiger charge is 2.12. The minimum absolute atomic E-state index is 0.0726. The lowest BCUT2D eigenvalue weighted by Crippen LogP contribution is -2.34. The summed E-state index contributed by atoms with van der Waals surface area (Å²) in [7, 11) is 0. The fourth-order valence-corrected chi connectivity index (χ4v) is 3.20. The van der Waals surface area contributed by atoms with Gasteiger partial charge in [-0.3, -0.25) is 4.79 Å². The summed E-state index contributed by atoms with van der Waals surface area (Å²) in [6, 6.07) is 5.61. The summed E-state index contributed by atoms with van der Waals surface area (Å²) in [5.41, 5.74) is 0.689. The Kier molecular flexibility index (Phi) is 6.59. The molecule has 1 aromatic carbocycles. The van der Waals surface area contributed by atoms with Crippen molar-refractivity contribution in [3.63, 3.8) is 0 Å². The molecule has 0 bridgehead atoms. The van der Waals surface area contributed by atoms with Gasteiger partial charge in [-0.05, 0) is 31.1 Å². The van der Waals surface area contributed by atoms with E-state index in [-0.39, 0.29) is 5.91 Å². The topological polar surface area (TPSA) is 29.1 Å². The molecular formula is C17H21Cl2NO. The summed E-state index contributed by atoms with van der Waals surface area (Å²) in [6.07, 6.45) is 11.6. The van der Waals surface area contributed by atoms with Crippen molar-refractivity contribution < 1.29 is 4.79 Å². The Hall–Kier alpha value is -0.990. The molecule has 1 aliphatic rings. The molecular weight excluding hydrogens is 305 g/mol. The molecule has 0 spiro atoms. The first kappa shape index (κ1) is 16.4. The van der Waals surface area contributed by atoms with E-state index in [4.69, 9.17) is 23.2 Å². The van der Waals surface area contributed by atoms with Crippen LogP contribution in [0.4, 0.5) is 0 Å². The predicted octanol–water partition coefficient (Wildman–Crippen LogP) is 5.24. The first-order valence-electron chi connectivity index (χ1n) is 7.59. The predicted molar refractivity (Wildman–Crippen MR) is 89.7 cm³/mol. The molecule has 0 radical (unpaired) electrons. The molecule has 0 aromatic heterocycles. The molecule has 4 heteroatoms. The molecule has 0 aliphatic heterocycles. The van der Waals surface area contributed by atoms with Crippen molar-refractivity contribution in [1.82, 2.24) is 5.32 Å². The van der Waals surface area contributed by atoms with Crippen LogP contribution in [0.3, 0.4) is 0 Å². The maximum atomic E-state index is 12.0. The van der Waals surface area contributed by atoms with Crippen LogP contribution in [-0.2, 0) is 4.79 Å². The number of benzene rings is 1. The van der Waals surface area contributed by atoms with E-state index in [9.17, 15) is 4.79 Å². The second kappa shape index (κ2) is 8.45.